The lowest BCUT2D eigenvalue weighted by Crippen LogP contribution is -2.41. The molecule has 0 aromatic carbocycles. The largest absolute Gasteiger partial charge is 0.393 e. The Kier molecular flexibility index (Phi) is 2.89. The van der Waals surface area contributed by atoms with Gasteiger partial charge in [0.2, 0.25) is 0 Å². The fourth-order valence-corrected chi connectivity index (χ4v) is 4.15. The summed E-state index contributed by atoms with van der Waals surface area (Å²) in [7, 11) is 0. The molecular formula is C13H22O2. The van der Waals surface area contributed by atoms with Crippen molar-refractivity contribution in [1.29, 1.82) is 0 Å². The summed E-state index contributed by atoms with van der Waals surface area (Å²) in [6.45, 7) is 4.32. The van der Waals surface area contributed by atoms with Crippen LogP contribution in [0.3, 0.4) is 0 Å². The second kappa shape index (κ2) is 3.89. The first kappa shape index (κ1) is 11.1. The summed E-state index contributed by atoms with van der Waals surface area (Å²) < 4.78 is 0. The lowest BCUT2D eigenvalue weighted by Gasteiger charge is -2.44. The smallest absolute Gasteiger partial charge is 0.123 e. The average molecular weight is 210 g/mol. The van der Waals surface area contributed by atoms with Crippen LogP contribution in [-0.4, -0.2) is 17.5 Å². The molecule has 2 aliphatic rings. The third-order valence-electron chi connectivity index (χ3n) is 5.01. The molecule has 2 rings (SSSR count). The molecule has 2 aliphatic carbocycles. The molecule has 0 heterocycles. The van der Waals surface area contributed by atoms with Crippen molar-refractivity contribution < 1.29 is 9.90 Å². The van der Waals surface area contributed by atoms with E-state index >= 15 is 0 Å². The Balaban J connectivity index is 2.20. The molecule has 1 N–H and O–H groups in total. The number of aldehydes is 1. The summed E-state index contributed by atoms with van der Waals surface area (Å²) in [5.74, 6) is 1.10. The predicted octanol–water partition coefficient (Wildman–Crippen LogP) is 2.40. The van der Waals surface area contributed by atoms with Crippen LogP contribution in [-0.2, 0) is 4.79 Å². The van der Waals surface area contributed by atoms with Gasteiger partial charge in [0, 0.05) is 5.92 Å². The Morgan fingerprint density at radius 1 is 1.40 bits per heavy atom. The topological polar surface area (TPSA) is 37.3 Å². The van der Waals surface area contributed by atoms with Crippen molar-refractivity contribution in [3.63, 3.8) is 0 Å². The Hall–Kier alpha value is -0.370. The summed E-state index contributed by atoms with van der Waals surface area (Å²) in [4.78, 5) is 10.9. The van der Waals surface area contributed by atoms with E-state index in [0.717, 1.165) is 32.0 Å². The Morgan fingerprint density at radius 2 is 2.13 bits per heavy atom. The van der Waals surface area contributed by atoms with E-state index in [4.69, 9.17) is 0 Å². The number of hydrogen-bond acceptors (Lipinski definition) is 2. The fourth-order valence-electron chi connectivity index (χ4n) is 4.15. The Morgan fingerprint density at radius 3 is 2.80 bits per heavy atom. The SMILES string of the molecule is C[C@H](C=O)C1CC[C@H]2C(O)CCC[C@]12C. The maximum Gasteiger partial charge on any atom is 0.123 e. The minimum absolute atomic E-state index is 0.118. The minimum Gasteiger partial charge on any atom is -0.393 e. The van der Waals surface area contributed by atoms with E-state index in [1.165, 1.54) is 6.42 Å². The summed E-state index contributed by atoms with van der Waals surface area (Å²) in [5, 5.41) is 10.0. The van der Waals surface area contributed by atoms with Crippen molar-refractivity contribution in [3.05, 3.63) is 0 Å². The normalized spacial score (nSPS) is 47.3. The standard InChI is InChI=1S/C13H22O2/c1-9(8-14)10-5-6-11-12(15)4-3-7-13(10,11)2/h8-12,15H,3-7H2,1-2H3/t9-,10?,11+,12?,13-/m1/s1. The number of rotatable bonds is 2. The van der Waals surface area contributed by atoms with Crippen molar-refractivity contribution >= 4 is 6.29 Å². The van der Waals surface area contributed by atoms with E-state index in [-0.39, 0.29) is 17.4 Å². The molecule has 2 saturated carbocycles. The first-order valence-corrected chi connectivity index (χ1v) is 6.23. The van der Waals surface area contributed by atoms with Gasteiger partial charge < -0.3 is 9.90 Å². The van der Waals surface area contributed by atoms with Crippen molar-refractivity contribution in [2.45, 2.75) is 52.1 Å². The zero-order chi connectivity index (χ0) is 11.1. The summed E-state index contributed by atoms with van der Waals surface area (Å²) in [6.07, 6.45) is 6.49. The molecule has 0 saturated heterocycles. The lowest BCUT2D eigenvalue weighted by atomic mass is 9.62. The van der Waals surface area contributed by atoms with E-state index in [0.29, 0.717) is 11.8 Å². The van der Waals surface area contributed by atoms with Crippen molar-refractivity contribution in [2.75, 3.05) is 0 Å². The maximum absolute atomic E-state index is 10.9. The summed E-state index contributed by atoms with van der Waals surface area (Å²) in [5.41, 5.74) is 0.220. The molecule has 0 radical (unpaired) electrons. The highest BCUT2D eigenvalue weighted by Gasteiger charge is 2.52. The second-order valence-electron chi connectivity index (χ2n) is 5.75. The fraction of sp³-hybridized carbons (Fsp3) is 0.923. The highest BCUT2D eigenvalue weighted by Crippen LogP contribution is 2.57. The van der Waals surface area contributed by atoms with Gasteiger partial charge in [0.05, 0.1) is 6.10 Å². The monoisotopic (exact) mass is 210 g/mol. The average Bonchev–Trinajstić information content (AvgIpc) is 2.56. The number of hydrogen-bond donors (Lipinski definition) is 1. The van der Waals surface area contributed by atoms with Gasteiger partial charge in [0.15, 0.2) is 0 Å². The van der Waals surface area contributed by atoms with Crippen LogP contribution in [0.4, 0.5) is 0 Å². The molecule has 15 heavy (non-hydrogen) atoms. The molecule has 2 fully saturated rings. The van der Waals surface area contributed by atoms with Crippen LogP contribution in [0.15, 0.2) is 0 Å². The molecule has 2 heteroatoms. The number of aliphatic hydroxyl groups is 1. The Labute approximate surface area is 92.1 Å². The first-order valence-electron chi connectivity index (χ1n) is 6.23. The maximum atomic E-state index is 10.9. The molecule has 0 aliphatic heterocycles. The van der Waals surface area contributed by atoms with Crippen LogP contribution in [0.25, 0.3) is 0 Å². The molecule has 0 aromatic rings. The quantitative estimate of drug-likeness (QED) is 0.711. The molecule has 5 atom stereocenters. The molecular weight excluding hydrogens is 188 g/mol. The van der Waals surface area contributed by atoms with Crippen LogP contribution in [0.5, 0.6) is 0 Å². The van der Waals surface area contributed by atoms with E-state index in [2.05, 4.69) is 6.92 Å². The predicted molar refractivity (Wildman–Crippen MR) is 59.4 cm³/mol. The van der Waals surface area contributed by atoms with Gasteiger partial charge in [-0.25, -0.2) is 0 Å². The second-order valence-corrected chi connectivity index (χ2v) is 5.75. The highest BCUT2D eigenvalue weighted by atomic mass is 16.3. The Bertz CT molecular complexity index is 251. The van der Waals surface area contributed by atoms with Gasteiger partial charge in [-0.2, -0.15) is 0 Å². The molecule has 0 amide bonds. The number of carbonyl (C=O) groups excluding carboxylic acids is 1. The van der Waals surface area contributed by atoms with Crippen LogP contribution in [0.1, 0.15) is 46.0 Å². The zero-order valence-electron chi connectivity index (χ0n) is 9.78. The molecule has 0 aromatic heterocycles. The zero-order valence-corrected chi connectivity index (χ0v) is 9.78. The number of fused-ring (bicyclic) bond motifs is 1. The lowest BCUT2D eigenvalue weighted by molar-refractivity contribution is -0.114. The van der Waals surface area contributed by atoms with Gasteiger partial charge >= 0.3 is 0 Å². The number of aliphatic hydroxyl groups excluding tert-OH is 1. The van der Waals surface area contributed by atoms with Crippen LogP contribution >= 0.6 is 0 Å². The highest BCUT2D eigenvalue weighted by molar-refractivity contribution is 5.53. The van der Waals surface area contributed by atoms with E-state index in [1.807, 2.05) is 6.92 Å². The van der Waals surface area contributed by atoms with E-state index in [1.54, 1.807) is 0 Å². The molecule has 0 spiro atoms. The van der Waals surface area contributed by atoms with Gasteiger partial charge in [-0.15, -0.1) is 0 Å². The van der Waals surface area contributed by atoms with Crippen LogP contribution in [0.2, 0.25) is 0 Å². The van der Waals surface area contributed by atoms with Crippen molar-refractivity contribution in [3.8, 4) is 0 Å². The van der Waals surface area contributed by atoms with Crippen LogP contribution in [0, 0.1) is 23.2 Å². The summed E-state index contributed by atoms with van der Waals surface area (Å²) in [6, 6.07) is 0. The molecule has 2 unspecified atom stereocenters. The molecule has 0 bridgehead atoms. The first-order chi connectivity index (χ1) is 7.09. The van der Waals surface area contributed by atoms with Gasteiger partial charge in [-0.05, 0) is 42.9 Å². The molecule has 86 valence electrons. The summed E-state index contributed by atoms with van der Waals surface area (Å²) >= 11 is 0. The van der Waals surface area contributed by atoms with Gasteiger partial charge in [0.1, 0.15) is 6.29 Å². The van der Waals surface area contributed by atoms with Gasteiger partial charge in [0.25, 0.3) is 0 Å². The van der Waals surface area contributed by atoms with Crippen molar-refractivity contribution in [2.24, 2.45) is 23.2 Å². The number of carbonyl (C=O) groups is 1. The van der Waals surface area contributed by atoms with Crippen LogP contribution < -0.4 is 0 Å². The van der Waals surface area contributed by atoms with E-state index in [9.17, 15) is 9.90 Å². The third-order valence-corrected chi connectivity index (χ3v) is 5.01. The van der Waals surface area contributed by atoms with Crippen molar-refractivity contribution in [1.82, 2.24) is 0 Å². The third kappa shape index (κ3) is 1.63. The van der Waals surface area contributed by atoms with E-state index < -0.39 is 0 Å². The minimum atomic E-state index is -0.118. The van der Waals surface area contributed by atoms with Gasteiger partial charge in [-0.3, -0.25) is 0 Å². The van der Waals surface area contributed by atoms with Gasteiger partial charge in [-0.1, -0.05) is 20.3 Å². The molecule has 2 nitrogen and oxygen atoms in total.